The van der Waals surface area contributed by atoms with E-state index in [4.69, 9.17) is 0 Å². The number of pyridine rings is 2. The number of fused-ring (bicyclic) bond motifs is 3. The second-order valence-electron chi connectivity index (χ2n) is 8.57. The Bertz CT molecular complexity index is 1340. The molecule has 1 amide bonds. The van der Waals surface area contributed by atoms with Gasteiger partial charge in [0, 0.05) is 52.9 Å². The molecule has 7 nitrogen and oxygen atoms in total. The molecule has 3 heterocycles. The van der Waals surface area contributed by atoms with E-state index in [1.54, 1.807) is 6.20 Å². The van der Waals surface area contributed by atoms with Gasteiger partial charge in [0.05, 0.1) is 6.04 Å². The van der Waals surface area contributed by atoms with Crippen LogP contribution in [-0.4, -0.2) is 45.9 Å². The summed E-state index contributed by atoms with van der Waals surface area (Å²) in [4.78, 5) is 34.6. The maximum atomic E-state index is 12.7. The third-order valence-corrected chi connectivity index (χ3v) is 6.48. The molecule has 2 aromatic heterocycles. The first kappa shape index (κ1) is 21.2. The number of H-pyrrole nitrogens is 1. The Balaban J connectivity index is 1.28. The molecule has 168 valence electrons. The zero-order valence-corrected chi connectivity index (χ0v) is 18.5. The van der Waals surface area contributed by atoms with Crippen LogP contribution in [0, 0.1) is 0 Å². The number of carbonyl (C=O) groups is 1. The van der Waals surface area contributed by atoms with Gasteiger partial charge >= 0.3 is 0 Å². The van der Waals surface area contributed by atoms with Gasteiger partial charge in [-0.1, -0.05) is 36.4 Å². The molecule has 33 heavy (non-hydrogen) atoms. The average Bonchev–Trinajstić information content (AvgIpc) is 2.85. The summed E-state index contributed by atoms with van der Waals surface area (Å²) in [5, 5.41) is 9.17. The molecule has 5 rings (SSSR count). The number of likely N-dealkylation sites (tertiary alicyclic amines) is 1. The number of hydrogen-bond acceptors (Lipinski definition) is 5. The van der Waals surface area contributed by atoms with E-state index >= 15 is 0 Å². The van der Waals surface area contributed by atoms with Gasteiger partial charge in [0.1, 0.15) is 5.65 Å². The van der Waals surface area contributed by atoms with E-state index in [9.17, 15) is 9.59 Å². The molecule has 2 aromatic carbocycles. The van der Waals surface area contributed by atoms with Gasteiger partial charge in [-0.25, -0.2) is 4.98 Å². The quantitative estimate of drug-likeness (QED) is 0.408. The van der Waals surface area contributed by atoms with E-state index in [2.05, 4.69) is 25.5 Å². The summed E-state index contributed by atoms with van der Waals surface area (Å²) in [5.74, 6) is 0.0168. The van der Waals surface area contributed by atoms with Crippen LogP contribution in [0.25, 0.3) is 21.8 Å². The smallest absolute Gasteiger partial charge is 0.257 e. The van der Waals surface area contributed by atoms with Crippen LogP contribution in [0.5, 0.6) is 0 Å². The van der Waals surface area contributed by atoms with Gasteiger partial charge in [-0.2, -0.15) is 0 Å². The molecule has 1 aliphatic heterocycles. The molecule has 3 N–H and O–H groups in total. The van der Waals surface area contributed by atoms with E-state index in [1.807, 2.05) is 67.6 Å². The molecule has 1 unspecified atom stereocenters. The lowest BCUT2D eigenvalue weighted by Gasteiger charge is -2.36. The maximum absolute atomic E-state index is 12.7. The molecule has 1 aliphatic rings. The molecule has 1 saturated heterocycles. The largest absolute Gasteiger partial charge is 0.382 e. The van der Waals surface area contributed by atoms with Crippen LogP contribution in [0.15, 0.2) is 71.7 Å². The van der Waals surface area contributed by atoms with Crippen molar-refractivity contribution in [1.29, 1.82) is 0 Å². The Labute approximate surface area is 191 Å². The summed E-state index contributed by atoms with van der Waals surface area (Å²) in [6, 6.07) is 19.2. The number of aromatic nitrogens is 2. The number of nitrogens with zero attached hydrogens (tertiary/aromatic N) is 2. The number of aromatic amines is 1. The van der Waals surface area contributed by atoms with Crippen LogP contribution in [0.2, 0.25) is 0 Å². The fourth-order valence-corrected chi connectivity index (χ4v) is 4.61. The lowest BCUT2D eigenvalue weighted by atomic mass is 10.0. The molecule has 4 aromatic rings. The van der Waals surface area contributed by atoms with Crippen molar-refractivity contribution >= 4 is 39.1 Å². The molecule has 1 fully saturated rings. The van der Waals surface area contributed by atoms with Crippen molar-refractivity contribution < 1.29 is 4.79 Å². The molecule has 1 atom stereocenters. The number of amides is 1. The first-order valence-electron chi connectivity index (χ1n) is 11.4. The predicted molar refractivity (Wildman–Crippen MR) is 133 cm³/mol. The summed E-state index contributed by atoms with van der Waals surface area (Å²) < 4.78 is 0. The van der Waals surface area contributed by atoms with Crippen LogP contribution in [-0.2, 0) is 4.79 Å². The van der Waals surface area contributed by atoms with Gasteiger partial charge in [0.15, 0.2) is 0 Å². The Morgan fingerprint density at radius 3 is 2.48 bits per heavy atom. The second kappa shape index (κ2) is 9.03. The maximum Gasteiger partial charge on any atom is 0.257 e. The van der Waals surface area contributed by atoms with Crippen molar-refractivity contribution in [3.63, 3.8) is 0 Å². The molecule has 7 heteroatoms. The van der Waals surface area contributed by atoms with Crippen molar-refractivity contribution in [3.05, 3.63) is 77.2 Å². The highest BCUT2D eigenvalue weighted by molar-refractivity contribution is 6.10. The summed E-state index contributed by atoms with van der Waals surface area (Å²) >= 11 is 0. The zero-order valence-electron chi connectivity index (χ0n) is 18.5. The predicted octanol–water partition coefficient (Wildman–Crippen LogP) is 3.98. The highest BCUT2D eigenvalue weighted by atomic mass is 16.2. The van der Waals surface area contributed by atoms with Gasteiger partial charge in [0.25, 0.3) is 5.56 Å². The second-order valence-corrected chi connectivity index (χ2v) is 8.57. The number of rotatable bonds is 5. The average molecular weight is 442 g/mol. The minimum Gasteiger partial charge on any atom is -0.382 e. The summed E-state index contributed by atoms with van der Waals surface area (Å²) in [5.41, 5.74) is 2.26. The van der Waals surface area contributed by atoms with Gasteiger partial charge < -0.3 is 15.6 Å². The monoisotopic (exact) mass is 441 g/mol. The van der Waals surface area contributed by atoms with E-state index < -0.39 is 0 Å². The van der Waals surface area contributed by atoms with Gasteiger partial charge in [0.2, 0.25) is 5.91 Å². The minimum atomic E-state index is -0.193. The first-order valence-corrected chi connectivity index (χ1v) is 11.4. The Hall–Kier alpha value is -3.71. The molecule has 0 radical (unpaired) electrons. The van der Waals surface area contributed by atoms with Crippen LogP contribution in [0.4, 0.5) is 11.4 Å². The van der Waals surface area contributed by atoms with E-state index in [1.165, 1.54) is 0 Å². The number of carbonyl (C=O) groups excluding carboxylic acids is 1. The van der Waals surface area contributed by atoms with Gasteiger partial charge in [-0.15, -0.1) is 0 Å². The topological polar surface area (TPSA) is 90.1 Å². The van der Waals surface area contributed by atoms with Crippen molar-refractivity contribution in [2.75, 3.05) is 23.7 Å². The van der Waals surface area contributed by atoms with E-state index in [-0.39, 0.29) is 23.6 Å². The Morgan fingerprint density at radius 2 is 1.73 bits per heavy atom. The molecule has 0 bridgehead atoms. The SMILES string of the molecule is CC(C(=O)Nc1ccccc1)N1CCC(Nc2ccnc3[nH]c(=O)c4ccccc4c23)CC1. The lowest BCUT2D eigenvalue weighted by Crippen LogP contribution is -2.48. The number of piperidine rings is 1. The van der Waals surface area contributed by atoms with Crippen molar-refractivity contribution in [2.45, 2.75) is 31.8 Å². The summed E-state index contributed by atoms with van der Waals surface area (Å²) in [7, 11) is 0. The van der Waals surface area contributed by atoms with Crippen LogP contribution >= 0.6 is 0 Å². The molecule has 0 saturated carbocycles. The number of hydrogen-bond donors (Lipinski definition) is 3. The highest BCUT2D eigenvalue weighted by Crippen LogP contribution is 2.29. The fraction of sp³-hybridized carbons (Fsp3) is 0.269. The third-order valence-electron chi connectivity index (χ3n) is 6.48. The fourth-order valence-electron chi connectivity index (χ4n) is 4.61. The Kier molecular flexibility index (Phi) is 5.79. The Morgan fingerprint density at radius 1 is 1.03 bits per heavy atom. The number of para-hydroxylation sites is 1. The normalized spacial score (nSPS) is 16.0. The zero-order chi connectivity index (χ0) is 22.8. The lowest BCUT2D eigenvalue weighted by molar-refractivity contribution is -0.121. The molecule has 0 spiro atoms. The number of anilines is 2. The van der Waals surface area contributed by atoms with Gasteiger partial charge in [-0.05, 0) is 44.0 Å². The van der Waals surface area contributed by atoms with E-state index in [0.717, 1.165) is 48.1 Å². The summed E-state index contributed by atoms with van der Waals surface area (Å²) in [6.45, 7) is 3.63. The van der Waals surface area contributed by atoms with Crippen molar-refractivity contribution in [3.8, 4) is 0 Å². The highest BCUT2D eigenvalue weighted by Gasteiger charge is 2.27. The summed E-state index contributed by atoms with van der Waals surface area (Å²) in [6.07, 6.45) is 3.57. The first-order chi connectivity index (χ1) is 16.1. The number of benzene rings is 2. The minimum absolute atomic E-state index is 0.0168. The van der Waals surface area contributed by atoms with Gasteiger partial charge in [-0.3, -0.25) is 14.5 Å². The molecular formula is C26H27N5O2. The number of nitrogens with one attached hydrogen (secondary N) is 3. The van der Waals surface area contributed by atoms with E-state index in [0.29, 0.717) is 11.0 Å². The third kappa shape index (κ3) is 4.32. The van der Waals surface area contributed by atoms with Crippen LogP contribution in [0.3, 0.4) is 0 Å². The molecule has 0 aliphatic carbocycles. The van der Waals surface area contributed by atoms with Crippen molar-refractivity contribution in [1.82, 2.24) is 14.9 Å². The van der Waals surface area contributed by atoms with Crippen LogP contribution in [0.1, 0.15) is 19.8 Å². The van der Waals surface area contributed by atoms with Crippen LogP contribution < -0.4 is 16.2 Å². The van der Waals surface area contributed by atoms with Crippen molar-refractivity contribution in [2.24, 2.45) is 0 Å². The standard InChI is InChI=1S/C26H27N5O2/c1-17(25(32)29-18-7-3-2-4-8-18)31-15-12-19(13-16-31)28-22-11-14-27-24-23(22)20-9-5-6-10-21(20)26(33)30-24/h2-11,14,17,19H,12-13,15-16H2,1H3,(H,29,32)(H2,27,28,30,33). The molecular weight excluding hydrogens is 414 g/mol.